The van der Waals surface area contributed by atoms with Gasteiger partial charge in [0.2, 0.25) is 11.8 Å². The smallest absolute Gasteiger partial charge is 0.239 e. The second kappa shape index (κ2) is 8.00. The lowest BCUT2D eigenvalue weighted by Crippen LogP contribution is -2.48. The fourth-order valence-corrected chi connectivity index (χ4v) is 2.75. The Hall–Kier alpha value is -2.57. The number of benzene rings is 1. The van der Waals surface area contributed by atoms with Crippen LogP contribution in [0.4, 0.5) is 5.69 Å². The number of rotatable bonds is 4. The average Bonchev–Trinajstić information content (AvgIpc) is 2.53. The molecule has 0 radical (unpaired) electrons. The van der Waals surface area contributed by atoms with E-state index in [2.05, 4.69) is 26.3 Å². The topological polar surface area (TPSA) is 94.6 Å². The van der Waals surface area contributed by atoms with Crippen molar-refractivity contribution in [1.82, 2.24) is 16.0 Å². The van der Waals surface area contributed by atoms with Gasteiger partial charge in [0.15, 0.2) is 5.96 Å². The maximum atomic E-state index is 11.9. The highest BCUT2D eigenvalue weighted by Gasteiger charge is 2.24. The minimum Gasteiger partial charge on any atom is -0.356 e. The molecule has 2 amide bonds. The first-order valence-corrected chi connectivity index (χ1v) is 8.43. The summed E-state index contributed by atoms with van der Waals surface area (Å²) in [7, 11) is 1.65. The summed E-state index contributed by atoms with van der Waals surface area (Å²) >= 11 is 0. The summed E-state index contributed by atoms with van der Waals surface area (Å²) in [6.45, 7) is 6.50. The van der Waals surface area contributed by atoms with Gasteiger partial charge in [-0.2, -0.15) is 0 Å². The van der Waals surface area contributed by atoms with Crippen LogP contribution in [0.1, 0.15) is 38.7 Å². The van der Waals surface area contributed by atoms with Crippen LogP contribution in [0.25, 0.3) is 0 Å². The van der Waals surface area contributed by atoms with E-state index in [9.17, 15) is 9.59 Å². The standard InChI is InChI=1S/C18H27N5O2/c1-18(2,3)23-16(25)11-21-17(19-4)20-10-12-9-15(24)22-14-8-6-5-7-13(12)14/h5-8,12H,9-11H2,1-4H3,(H,22,24)(H,23,25)(H2,19,20,21). The number of nitrogens with one attached hydrogen (secondary N) is 4. The number of nitrogens with zero attached hydrogens (tertiary/aromatic N) is 1. The monoisotopic (exact) mass is 345 g/mol. The van der Waals surface area contributed by atoms with Crippen LogP contribution in [-0.4, -0.2) is 43.5 Å². The molecule has 1 aliphatic heterocycles. The Morgan fingerprint density at radius 2 is 2.00 bits per heavy atom. The van der Waals surface area contributed by atoms with Gasteiger partial charge in [-0.1, -0.05) is 18.2 Å². The average molecular weight is 345 g/mol. The van der Waals surface area contributed by atoms with E-state index in [1.807, 2.05) is 45.0 Å². The van der Waals surface area contributed by atoms with Crippen LogP contribution in [0.5, 0.6) is 0 Å². The maximum Gasteiger partial charge on any atom is 0.239 e. The number of carbonyl (C=O) groups excluding carboxylic acids is 2. The zero-order valence-corrected chi connectivity index (χ0v) is 15.3. The number of hydrogen-bond donors (Lipinski definition) is 4. The van der Waals surface area contributed by atoms with E-state index in [0.29, 0.717) is 18.9 Å². The van der Waals surface area contributed by atoms with Gasteiger partial charge >= 0.3 is 0 Å². The van der Waals surface area contributed by atoms with Crippen LogP contribution in [0.15, 0.2) is 29.3 Å². The van der Waals surface area contributed by atoms with Crippen LogP contribution < -0.4 is 21.3 Å². The molecule has 1 unspecified atom stereocenters. The van der Waals surface area contributed by atoms with Crippen LogP contribution in [0.3, 0.4) is 0 Å². The van der Waals surface area contributed by atoms with Gasteiger partial charge in [0, 0.05) is 37.2 Å². The summed E-state index contributed by atoms with van der Waals surface area (Å²) < 4.78 is 0. The van der Waals surface area contributed by atoms with Gasteiger partial charge in [-0.25, -0.2) is 0 Å². The molecule has 7 nitrogen and oxygen atoms in total. The van der Waals surface area contributed by atoms with E-state index in [1.54, 1.807) is 7.05 Å². The highest BCUT2D eigenvalue weighted by Crippen LogP contribution is 2.31. The molecule has 1 heterocycles. The summed E-state index contributed by atoms with van der Waals surface area (Å²) in [5, 5.41) is 12.0. The molecular weight excluding hydrogens is 318 g/mol. The highest BCUT2D eigenvalue weighted by molar-refractivity contribution is 5.95. The van der Waals surface area contributed by atoms with Crippen molar-refractivity contribution in [3.8, 4) is 0 Å². The molecule has 0 saturated carbocycles. The third kappa shape index (κ3) is 5.77. The van der Waals surface area contributed by atoms with Gasteiger partial charge in [-0.3, -0.25) is 14.6 Å². The molecular formula is C18H27N5O2. The van der Waals surface area contributed by atoms with Crippen molar-refractivity contribution in [1.29, 1.82) is 0 Å². The predicted molar refractivity (Wildman–Crippen MR) is 99.7 cm³/mol. The first-order chi connectivity index (χ1) is 11.8. The Morgan fingerprint density at radius 3 is 2.68 bits per heavy atom. The number of amides is 2. The molecule has 136 valence electrons. The quantitative estimate of drug-likeness (QED) is 0.487. The van der Waals surface area contributed by atoms with Crippen molar-refractivity contribution in [2.24, 2.45) is 4.99 Å². The maximum absolute atomic E-state index is 11.9. The van der Waals surface area contributed by atoms with E-state index in [-0.39, 0.29) is 29.8 Å². The zero-order chi connectivity index (χ0) is 18.4. The number of guanidine groups is 1. The van der Waals surface area contributed by atoms with Gasteiger partial charge in [0.25, 0.3) is 0 Å². The molecule has 0 aromatic heterocycles. The van der Waals surface area contributed by atoms with Crippen LogP contribution in [-0.2, 0) is 9.59 Å². The van der Waals surface area contributed by atoms with Gasteiger partial charge < -0.3 is 21.3 Å². The molecule has 1 aromatic carbocycles. The Balaban J connectivity index is 1.89. The van der Waals surface area contributed by atoms with Crippen molar-refractivity contribution in [3.63, 3.8) is 0 Å². The van der Waals surface area contributed by atoms with Crippen LogP contribution in [0, 0.1) is 0 Å². The normalized spacial score (nSPS) is 17.4. The SMILES string of the molecule is CN=C(NCC(=O)NC(C)(C)C)NCC1CC(=O)Nc2ccccc21. The molecule has 1 atom stereocenters. The van der Waals surface area contributed by atoms with E-state index >= 15 is 0 Å². The van der Waals surface area contributed by atoms with Crippen molar-refractivity contribution < 1.29 is 9.59 Å². The Morgan fingerprint density at radius 1 is 1.28 bits per heavy atom. The summed E-state index contributed by atoms with van der Waals surface area (Å²) in [5.74, 6) is 0.510. The molecule has 0 fully saturated rings. The van der Waals surface area contributed by atoms with Gasteiger partial charge in [0.1, 0.15) is 0 Å². The largest absolute Gasteiger partial charge is 0.356 e. The lowest BCUT2D eigenvalue weighted by Gasteiger charge is -2.26. The Labute approximate surface area is 148 Å². The van der Waals surface area contributed by atoms with E-state index in [1.165, 1.54) is 0 Å². The molecule has 0 saturated heterocycles. The highest BCUT2D eigenvalue weighted by atomic mass is 16.2. The third-order valence-corrected chi connectivity index (χ3v) is 3.78. The van der Waals surface area contributed by atoms with Crippen LogP contribution >= 0.6 is 0 Å². The fraction of sp³-hybridized carbons (Fsp3) is 0.500. The minimum absolute atomic E-state index is 0.0120. The first-order valence-electron chi connectivity index (χ1n) is 8.43. The predicted octanol–water partition coefficient (Wildman–Crippen LogP) is 1.19. The number of fused-ring (bicyclic) bond motifs is 1. The van der Waals surface area contributed by atoms with E-state index < -0.39 is 0 Å². The van der Waals surface area contributed by atoms with Crippen molar-refractivity contribution in [3.05, 3.63) is 29.8 Å². The van der Waals surface area contributed by atoms with Gasteiger partial charge in [-0.15, -0.1) is 0 Å². The molecule has 25 heavy (non-hydrogen) atoms. The number of aliphatic imine (C=N–C) groups is 1. The van der Waals surface area contributed by atoms with Crippen molar-refractivity contribution in [2.45, 2.75) is 38.6 Å². The molecule has 1 aliphatic rings. The summed E-state index contributed by atoms with van der Waals surface area (Å²) in [4.78, 5) is 27.9. The summed E-state index contributed by atoms with van der Waals surface area (Å²) in [5.41, 5.74) is 1.70. The number of para-hydroxylation sites is 1. The number of hydrogen-bond acceptors (Lipinski definition) is 3. The second-order valence-corrected chi connectivity index (χ2v) is 7.14. The van der Waals surface area contributed by atoms with E-state index in [4.69, 9.17) is 0 Å². The molecule has 0 spiro atoms. The lowest BCUT2D eigenvalue weighted by molar-refractivity contribution is -0.121. The van der Waals surface area contributed by atoms with Crippen molar-refractivity contribution >= 4 is 23.5 Å². The number of anilines is 1. The summed E-state index contributed by atoms with van der Waals surface area (Å²) in [6.07, 6.45) is 0.422. The second-order valence-electron chi connectivity index (χ2n) is 7.14. The molecule has 4 N–H and O–H groups in total. The zero-order valence-electron chi connectivity index (χ0n) is 15.3. The third-order valence-electron chi connectivity index (χ3n) is 3.78. The molecule has 7 heteroatoms. The lowest BCUT2D eigenvalue weighted by atomic mass is 9.90. The fourth-order valence-electron chi connectivity index (χ4n) is 2.75. The molecule has 2 rings (SSSR count). The molecule has 0 bridgehead atoms. The first kappa shape index (κ1) is 18.8. The summed E-state index contributed by atoms with van der Waals surface area (Å²) in [6, 6.07) is 7.80. The van der Waals surface area contributed by atoms with Gasteiger partial charge in [-0.05, 0) is 32.4 Å². The van der Waals surface area contributed by atoms with Crippen LogP contribution in [0.2, 0.25) is 0 Å². The Kier molecular flexibility index (Phi) is 6.01. The van der Waals surface area contributed by atoms with E-state index in [0.717, 1.165) is 11.3 Å². The minimum atomic E-state index is -0.269. The molecule has 1 aromatic rings. The number of carbonyl (C=O) groups is 2. The molecule has 0 aliphatic carbocycles. The van der Waals surface area contributed by atoms with Crippen molar-refractivity contribution in [2.75, 3.05) is 25.5 Å². The van der Waals surface area contributed by atoms with Gasteiger partial charge in [0.05, 0.1) is 6.54 Å². The Bertz CT molecular complexity index is 664.